The van der Waals surface area contributed by atoms with Crippen LogP contribution < -0.4 is 10.2 Å². The number of nitrogens with zero attached hydrogens (tertiary/aromatic N) is 5. The Morgan fingerprint density at radius 1 is 1.27 bits per heavy atom. The maximum absolute atomic E-state index is 12.5. The second kappa shape index (κ2) is 7.02. The highest BCUT2D eigenvalue weighted by Crippen LogP contribution is 2.41. The summed E-state index contributed by atoms with van der Waals surface area (Å²) in [5.74, 6) is 0.742. The topological polar surface area (TPSA) is 64.6 Å². The Hall–Kier alpha value is -1.89. The van der Waals surface area contributed by atoms with Gasteiger partial charge in [-0.3, -0.25) is 4.90 Å². The van der Waals surface area contributed by atoms with Crippen molar-refractivity contribution < 1.29 is 4.79 Å². The van der Waals surface area contributed by atoms with Crippen molar-refractivity contribution in [1.29, 1.82) is 0 Å². The van der Waals surface area contributed by atoms with Gasteiger partial charge in [0.05, 0.1) is 5.69 Å². The third kappa shape index (κ3) is 3.49. The molecular weight excluding hydrogens is 328 g/mol. The molecule has 1 unspecified atom stereocenters. The van der Waals surface area contributed by atoms with Crippen molar-refractivity contribution in [3.63, 3.8) is 0 Å². The van der Waals surface area contributed by atoms with Crippen LogP contribution in [0.4, 0.5) is 10.7 Å². The van der Waals surface area contributed by atoms with E-state index in [1.54, 1.807) is 0 Å². The zero-order chi connectivity index (χ0) is 19.1. The van der Waals surface area contributed by atoms with E-state index in [1.807, 2.05) is 43.9 Å². The standard InChI is InChI=1S/C19H32N6O/c1-13(2)21-18(26)24-8-7-19(11-24)12-25(14(3)4)10-15-9-20-17(23(5)6)22-16(15)19/h9,13-14H,7-8,10-12H2,1-6H3,(H,21,26). The van der Waals surface area contributed by atoms with Gasteiger partial charge in [-0.15, -0.1) is 0 Å². The first kappa shape index (κ1) is 18.9. The minimum Gasteiger partial charge on any atom is -0.347 e. The van der Waals surface area contributed by atoms with E-state index >= 15 is 0 Å². The van der Waals surface area contributed by atoms with E-state index in [2.05, 4.69) is 29.0 Å². The van der Waals surface area contributed by atoms with E-state index in [4.69, 9.17) is 4.98 Å². The maximum atomic E-state index is 12.5. The van der Waals surface area contributed by atoms with Gasteiger partial charge in [0.25, 0.3) is 0 Å². The van der Waals surface area contributed by atoms with Crippen molar-refractivity contribution in [2.24, 2.45) is 0 Å². The number of nitrogens with one attached hydrogen (secondary N) is 1. The minimum atomic E-state index is -0.111. The van der Waals surface area contributed by atoms with Crippen LogP contribution in [0.3, 0.4) is 0 Å². The van der Waals surface area contributed by atoms with Crippen LogP contribution in [0.1, 0.15) is 45.4 Å². The van der Waals surface area contributed by atoms with Gasteiger partial charge in [-0.25, -0.2) is 14.8 Å². The third-order valence-electron chi connectivity index (χ3n) is 5.42. The van der Waals surface area contributed by atoms with Crippen LogP contribution in [0.2, 0.25) is 0 Å². The van der Waals surface area contributed by atoms with Gasteiger partial charge in [0.15, 0.2) is 0 Å². The van der Waals surface area contributed by atoms with E-state index < -0.39 is 0 Å². The Bertz CT molecular complexity index is 674. The van der Waals surface area contributed by atoms with Gasteiger partial charge in [-0.2, -0.15) is 0 Å². The highest BCUT2D eigenvalue weighted by molar-refractivity contribution is 5.75. The summed E-state index contributed by atoms with van der Waals surface area (Å²) < 4.78 is 0. The molecule has 2 amide bonds. The van der Waals surface area contributed by atoms with Gasteiger partial charge in [-0.05, 0) is 34.1 Å². The molecule has 1 aromatic heterocycles. The molecule has 7 heteroatoms. The first-order valence-electron chi connectivity index (χ1n) is 9.55. The van der Waals surface area contributed by atoms with E-state index in [0.717, 1.165) is 37.7 Å². The molecule has 2 aliphatic rings. The molecule has 1 saturated heterocycles. The maximum Gasteiger partial charge on any atom is 0.317 e. The minimum absolute atomic E-state index is 0.0296. The molecule has 3 heterocycles. The Morgan fingerprint density at radius 2 is 2.00 bits per heavy atom. The van der Waals surface area contributed by atoms with Crippen LogP contribution in [0.15, 0.2) is 6.20 Å². The fourth-order valence-electron chi connectivity index (χ4n) is 4.00. The van der Waals surface area contributed by atoms with Crippen LogP contribution in [0.5, 0.6) is 0 Å². The van der Waals surface area contributed by atoms with Gasteiger partial charge in [0.2, 0.25) is 5.95 Å². The number of amides is 2. The highest BCUT2D eigenvalue weighted by Gasteiger charge is 2.48. The van der Waals surface area contributed by atoms with Gasteiger partial charge >= 0.3 is 6.03 Å². The lowest BCUT2D eigenvalue weighted by atomic mass is 9.77. The number of hydrogen-bond donors (Lipinski definition) is 1. The molecule has 26 heavy (non-hydrogen) atoms. The molecule has 1 atom stereocenters. The van der Waals surface area contributed by atoms with Crippen LogP contribution in [-0.2, 0) is 12.0 Å². The van der Waals surface area contributed by atoms with Crippen molar-refractivity contribution in [2.75, 3.05) is 38.6 Å². The number of urea groups is 1. The van der Waals surface area contributed by atoms with Gasteiger partial charge < -0.3 is 15.1 Å². The smallest absolute Gasteiger partial charge is 0.317 e. The second-order valence-corrected chi connectivity index (χ2v) is 8.49. The molecule has 0 bridgehead atoms. The molecule has 7 nitrogen and oxygen atoms in total. The van der Waals surface area contributed by atoms with Crippen molar-refractivity contribution >= 4 is 12.0 Å². The molecule has 0 radical (unpaired) electrons. The SMILES string of the molecule is CC(C)NC(=O)N1CCC2(C1)CN(C(C)C)Cc1cnc(N(C)C)nc12. The summed E-state index contributed by atoms with van der Waals surface area (Å²) in [6.07, 6.45) is 2.92. The molecule has 2 aliphatic heterocycles. The molecule has 1 aromatic rings. The Morgan fingerprint density at radius 3 is 2.62 bits per heavy atom. The molecule has 0 aromatic carbocycles. The highest BCUT2D eigenvalue weighted by atomic mass is 16.2. The summed E-state index contributed by atoms with van der Waals surface area (Å²) in [6.45, 7) is 11.7. The number of aromatic nitrogens is 2. The van der Waals surface area contributed by atoms with Crippen molar-refractivity contribution in [1.82, 2.24) is 25.1 Å². The zero-order valence-electron chi connectivity index (χ0n) is 16.9. The van der Waals surface area contributed by atoms with Gasteiger partial charge in [-0.1, -0.05) is 0 Å². The first-order valence-corrected chi connectivity index (χ1v) is 9.55. The molecule has 1 fully saturated rings. The monoisotopic (exact) mass is 360 g/mol. The number of likely N-dealkylation sites (tertiary alicyclic amines) is 1. The Labute approximate surface area is 156 Å². The van der Waals surface area contributed by atoms with E-state index in [9.17, 15) is 4.79 Å². The van der Waals surface area contributed by atoms with Crippen LogP contribution in [0, 0.1) is 0 Å². The van der Waals surface area contributed by atoms with Crippen molar-refractivity contribution in [3.05, 3.63) is 17.5 Å². The second-order valence-electron chi connectivity index (χ2n) is 8.49. The third-order valence-corrected chi connectivity index (χ3v) is 5.42. The fourth-order valence-corrected chi connectivity index (χ4v) is 4.00. The number of hydrogen-bond acceptors (Lipinski definition) is 5. The number of fused-ring (bicyclic) bond motifs is 2. The van der Waals surface area contributed by atoms with Gasteiger partial charge in [0.1, 0.15) is 0 Å². The summed E-state index contributed by atoms with van der Waals surface area (Å²) in [4.78, 5) is 28.4. The molecule has 0 aliphatic carbocycles. The van der Waals surface area contributed by atoms with Crippen LogP contribution >= 0.6 is 0 Å². The first-order chi connectivity index (χ1) is 12.2. The van der Waals surface area contributed by atoms with Crippen LogP contribution in [-0.4, -0.2) is 71.6 Å². The summed E-state index contributed by atoms with van der Waals surface area (Å²) in [7, 11) is 3.93. The number of carbonyl (C=O) groups is 1. The molecule has 0 saturated carbocycles. The summed E-state index contributed by atoms with van der Waals surface area (Å²) >= 11 is 0. The molecule has 1 spiro atoms. The molecule has 3 rings (SSSR count). The van der Waals surface area contributed by atoms with E-state index in [1.165, 1.54) is 5.56 Å². The summed E-state index contributed by atoms with van der Waals surface area (Å²) in [6, 6.07) is 0.626. The predicted octanol–water partition coefficient (Wildman–Crippen LogP) is 1.83. The van der Waals surface area contributed by atoms with Crippen molar-refractivity contribution in [3.8, 4) is 0 Å². The molecule has 144 valence electrons. The zero-order valence-corrected chi connectivity index (χ0v) is 16.9. The fraction of sp³-hybridized carbons (Fsp3) is 0.737. The van der Waals surface area contributed by atoms with Crippen molar-refractivity contribution in [2.45, 2.75) is 58.2 Å². The molecular formula is C19H32N6O. The lowest BCUT2D eigenvalue weighted by Crippen LogP contribution is -2.51. The quantitative estimate of drug-likeness (QED) is 0.891. The average Bonchev–Trinajstić information content (AvgIpc) is 2.98. The average molecular weight is 361 g/mol. The van der Waals surface area contributed by atoms with Gasteiger partial charge in [0, 0.05) is 69.5 Å². The van der Waals surface area contributed by atoms with E-state index in [0.29, 0.717) is 12.6 Å². The molecule has 1 N–H and O–H groups in total. The Kier molecular flexibility index (Phi) is 5.10. The van der Waals surface area contributed by atoms with E-state index in [-0.39, 0.29) is 17.5 Å². The largest absolute Gasteiger partial charge is 0.347 e. The lowest BCUT2D eigenvalue weighted by Gasteiger charge is -2.42. The number of carbonyl (C=O) groups excluding carboxylic acids is 1. The number of anilines is 1. The summed E-state index contributed by atoms with van der Waals surface area (Å²) in [5.41, 5.74) is 2.22. The normalized spacial score (nSPS) is 23.0. The Balaban J connectivity index is 1.95. The lowest BCUT2D eigenvalue weighted by molar-refractivity contribution is 0.136. The predicted molar refractivity (Wildman–Crippen MR) is 103 cm³/mol. The van der Waals surface area contributed by atoms with Crippen LogP contribution in [0.25, 0.3) is 0 Å². The number of rotatable bonds is 3. The summed E-state index contributed by atoms with van der Waals surface area (Å²) in [5, 5.41) is 3.03.